The minimum absolute atomic E-state index is 0.126. The number of hydrogen-bond donors (Lipinski definition) is 1. The van der Waals surface area contributed by atoms with Gasteiger partial charge in [-0.05, 0) is 36.7 Å². The SMILES string of the molecule is CC(C)C1C(N)=C(C2CCOCC2)CC(C#N)C1F. The molecule has 3 unspecified atom stereocenters. The van der Waals surface area contributed by atoms with Crippen LogP contribution >= 0.6 is 0 Å². The first kappa shape index (κ1) is 14.3. The molecule has 106 valence electrons. The second-order valence-corrected chi connectivity index (χ2v) is 6.02. The van der Waals surface area contributed by atoms with Crippen LogP contribution in [0.3, 0.4) is 0 Å². The van der Waals surface area contributed by atoms with Crippen molar-refractivity contribution in [3.05, 3.63) is 11.3 Å². The minimum atomic E-state index is -1.13. The predicted octanol–water partition coefficient (Wildman–Crippen LogP) is 2.78. The van der Waals surface area contributed by atoms with Crippen LogP contribution in [-0.2, 0) is 4.74 Å². The number of halogens is 1. The van der Waals surface area contributed by atoms with Gasteiger partial charge in [0.25, 0.3) is 0 Å². The minimum Gasteiger partial charge on any atom is -0.402 e. The summed E-state index contributed by atoms with van der Waals surface area (Å²) in [5.74, 6) is -0.354. The summed E-state index contributed by atoms with van der Waals surface area (Å²) in [5.41, 5.74) is 8.09. The summed E-state index contributed by atoms with van der Waals surface area (Å²) in [6.45, 7) is 5.44. The van der Waals surface area contributed by atoms with Crippen molar-refractivity contribution in [3.8, 4) is 6.07 Å². The topological polar surface area (TPSA) is 59.0 Å². The molecule has 0 aromatic rings. The van der Waals surface area contributed by atoms with Crippen LogP contribution in [0.5, 0.6) is 0 Å². The summed E-state index contributed by atoms with van der Waals surface area (Å²) >= 11 is 0. The van der Waals surface area contributed by atoms with Gasteiger partial charge >= 0.3 is 0 Å². The van der Waals surface area contributed by atoms with Gasteiger partial charge in [-0.2, -0.15) is 5.26 Å². The third kappa shape index (κ3) is 2.76. The first-order chi connectivity index (χ1) is 9.06. The van der Waals surface area contributed by atoms with Crippen molar-refractivity contribution in [3.63, 3.8) is 0 Å². The Morgan fingerprint density at radius 2 is 2.00 bits per heavy atom. The second kappa shape index (κ2) is 5.92. The lowest BCUT2D eigenvalue weighted by Gasteiger charge is -2.38. The van der Waals surface area contributed by atoms with E-state index in [0.717, 1.165) is 31.6 Å². The molecule has 0 amide bonds. The fourth-order valence-electron chi connectivity index (χ4n) is 3.40. The molecule has 0 spiro atoms. The smallest absolute Gasteiger partial charge is 0.125 e. The van der Waals surface area contributed by atoms with Crippen molar-refractivity contribution < 1.29 is 9.13 Å². The van der Waals surface area contributed by atoms with Crippen molar-refractivity contribution in [1.82, 2.24) is 0 Å². The number of nitrogens with zero attached hydrogens (tertiary/aromatic N) is 1. The number of allylic oxidation sites excluding steroid dienone is 2. The number of nitriles is 1. The molecule has 2 rings (SSSR count). The molecule has 1 heterocycles. The van der Waals surface area contributed by atoms with Crippen molar-refractivity contribution in [2.45, 2.75) is 39.3 Å². The maximum Gasteiger partial charge on any atom is 0.125 e. The van der Waals surface area contributed by atoms with Crippen LogP contribution in [0.4, 0.5) is 4.39 Å². The van der Waals surface area contributed by atoms with E-state index in [-0.39, 0.29) is 11.8 Å². The van der Waals surface area contributed by atoms with Gasteiger partial charge in [0.05, 0.1) is 12.0 Å². The Hall–Kier alpha value is -1.08. The predicted molar refractivity (Wildman–Crippen MR) is 71.7 cm³/mol. The van der Waals surface area contributed by atoms with Crippen LogP contribution in [0.25, 0.3) is 0 Å². The molecule has 1 aliphatic heterocycles. The monoisotopic (exact) mass is 266 g/mol. The molecule has 3 nitrogen and oxygen atoms in total. The van der Waals surface area contributed by atoms with E-state index in [0.29, 0.717) is 18.0 Å². The van der Waals surface area contributed by atoms with Gasteiger partial charge in [-0.3, -0.25) is 0 Å². The molecule has 2 N–H and O–H groups in total. The number of nitrogens with two attached hydrogens (primary N) is 1. The molecule has 3 atom stereocenters. The normalized spacial score (nSPS) is 33.5. The van der Waals surface area contributed by atoms with Crippen molar-refractivity contribution >= 4 is 0 Å². The highest BCUT2D eigenvalue weighted by Gasteiger charge is 2.41. The summed E-state index contributed by atoms with van der Waals surface area (Å²) in [5, 5.41) is 9.19. The van der Waals surface area contributed by atoms with Crippen LogP contribution in [0, 0.1) is 35.0 Å². The van der Waals surface area contributed by atoms with Gasteiger partial charge in [-0.1, -0.05) is 13.8 Å². The Balaban J connectivity index is 2.30. The van der Waals surface area contributed by atoms with E-state index in [1.807, 2.05) is 13.8 Å². The molecule has 2 aliphatic rings. The van der Waals surface area contributed by atoms with Crippen molar-refractivity contribution in [2.24, 2.45) is 29.4 Å². The molecule has 1 aliphatic carbocycles. The highest BCUT2D eigenvalue weighted by atomic mass is 19.1. The van der Waals surface area contributed by atoms with Gasteiger partial charge in [-0.15, -0.1) is 0 Å². The summed E-state index contributed by atoms with van der Waals surface area (Å²) in [6, 6.07) is 2.13. The van der Waals surface area contributed by atoms with E-state index >= 15 is 0 Å². The van der Waals surface area contributed by atoms with Crippen LogP contribution in [0.15, 0.2) is 11.3 Å². The van der Waals surface area contributed by atoms with Crippen LogP contribution in [-0.4, -0.2) is 19.4 Å². The van der Waals surface area contributed by atoms with E-state index in [9.17, 15) is 9.65 Å². The molecular formula is C15H23FN2O. The highest BCUT2D eigenvalue weighted by Crippen LogP contribution is 2.42. The number of alkyl halides is 1. The standard InChI is InChI=1S/C15H23FN2O/c1-9(2)13-14(16)11(8-17)7-12(15(13)18)10-3-5-19-6-4-10/h9-11,13-14H,3-7,18H2,1-2H3. The Morgan fingerprint density at radius 1 is 1.37 bits per heavy atom. The molecule has 1 fully saturated rings. The molecule has 19 heavy (non-hydrogen) atoms. The van der Waals surface area contributed by atoms with Gasteiger partial charge in [0.1, 0.15) is 6.17 Å². The third-order valence-corrected chi connectivity index (χ3v) is 4.50. The summed E-state index contributed by atoms with van der Waals surface area (Å²) in [6.07, 6.45) is 1.25. The number of rotatable bonds is 2. The van der Waals surface area contributed by atoms with Crippen LogP contribution in [0.1, 0.15) is 33.1 Å². The van der Waals surface area contributed by atoms with Crippen LogP contribution < -0.4 is 5.73 Å². The quantitative estimate of drug-likeness (QED) is 0.836. The van der Waals surface area contributed by atoms with Crippen molar-refractivity contribution in [2.75, 3.05) is 13.2 Å². The molecular weight excluding hydrogens is 243 g/mol. The summed E-state index contributed by atoms with van der Waals surface area (Å²) < 4.78 is 19.8. The number of ether oxygens (including phenoxy) is 1. The molecule has 0 radical (unpaired) electrons. The third-order valence-electron chi connectivity index (χ3n) is 4.50. The molecule has 4 heteroatoms. The molecule has 1 saturated heterocycles. The maximum atomic E-state index is 14.4. The summed E-state index contributed by atoms with van der Waals surface area (Å²) in [4.78, 5) is 0. The zero-order chi connectivity index (χ0) is 14.0. The fraction of sp³-hybridized carbons (Fsp3) is 0.800. The average molecular weight is 266 g/mol. The Labute approximate surface area is 114 Å². The molecule has 0 bridgehead atoms. The lowest BCUT2D eigenvalue weighted by atomic mass is 9.70. The van der Waals surface area contributed by atoms with E-state index in [4.69, 9.17) is 10.5 Å². The first-order valence-electron chi connectivity index (χ1n) is 7.16. The van der Waals surface area contributed by atoms with E-state index in [1.54, 1.807) is 0 Å². The highest BCUT2D eigenvalue weighted by molar-refractivity contribution is 5.26. The first-order valence-corrected chi connectivity index (χ1v) is 7.16. The van der Waals surface area contributed by atoms with E-state index < -0.39 is 12.1 Å². The van der Waals surface area contributed by atoms with E-state index in [1.165, 1.54) is 0 Å². The fourth-order valence-corrected chi connectivity index (χ4v) is 3.40. The Kier molecular flexibility index (Phi) is 4.46. The molecule has 0 aromatic carbocycles. The van der Waals surface area contributed by atoms with Crippen LogP contribution in [0.2, 0.25) is 0 Å². The largest absolute Gasteiger partial charge is 0.402 e. The van der Waals surface area contributed by atoms with Gasteiger partial charge in [0.2, 0.25) is 0 Å². The molecule has 0 saturated carbocycles. The summed E-state index contributed by atoms with van der Waals surface area (Å²) in [7, 11) is 0. The van der Waals surface area contributed by atoms with Gasteiger partial charge < -0.3 is 10.5 Å². The van der Waals surface area contributed by atoms with Gasteiger partial charge in [0, 0.05) is 24.8 Å². The zero-order valence-electron chi connectivity index (χ0n) is 11.7. The molecule has 0 aromatic heterocycles. The average Bonchev–Trinajstić information content (AvgIpc) is 2.39. The van der Waals surface area contributed by atoms with Crippen molar-refractivity contribution in [1.29, 1.82) is 5.26 Å². The second-order valence-electron chi connectivity index (χ2n) is 6.02. The Morgan fingerprint density at radius 3 is 2.53 bits per heavy atom. The van der Waals surface area contributed by atoms with Gasteiger partial charge in [0.15, 0.2) is 0 Å². The lowest BCUT2D eigenvalue weighted by Crippen LogP contribution is -2.39. The lowest BCUT2D eigenvalue weighted by molar-refractivity contribution is 0.0695. The van der Waals surface area contributed by atoms with E-state index in [2.05, 4.69) is 6.07 Å². The van der Waals surface area contributed by atoms with Gasteiger partial charge in [-0.25, -0.2) is 4.39 Å². The number of hydrogen-bond acceptors (Lipinski definition) is 3. The maximum absolute atomic E-state index is 14.4. The zero-order valence-corrected chi connectivity index (χ0v) is 11.7. The Bertz CT molecular complexity index is 393.